The summed E-state index contributed by atoms with van der Waals surface area (Å²) in [6.07, 6.45) is 2.76. The normalized spacial score (nSPS) is 12.5. The number of aliphatic carboxylic acids is 1. The second kappa shape index (κ2) is 7.33. The molecule has 0 radical (unpaired) electrons. The molecule has 0 amide bonds. The summed E-state index contributed by atoms with van der Waals surface area (Å²) in [6.45, 7) is 5.53. The van der Waals surface area contributed by atoms with Crippen molar-refractivity contribution < 1.29 is 24.2 Å². The fourth-order valence-electron chi connectivity index (χ4n) is 1.61. The van der Waals surface area contributed by atoms with E-state index in [4.69, 9.17) is 15.4 Å². The summed E-state index contributed by atoms with van der Waals surface area (Å²) in [7, 11) is 0. The Kier molecular flexibility index (Phi) is 5.78. The summed E-state index contributed by atoms with van der Waals surface area (Å²) in [5.74, 6) is -2.83. The van der Waals surface area contributed by atoms with Crippen LogP contribution in [0.15, 0.2) is 36.4 Å². The zero-order valence-corrected chi connectivity index (χ0v) is 12.7. The Bertz CT molecular complexity index is 623. The number of carboxylic acids is 1. The van der Waals surface area contributed by atoms with Gasteiger partial charge in [-0.1, -0.05) is 57.2 Å². The number of nitrogens with zero attached hydrogens (tertiary/aromatic N) is 2. The molecule has 6 heteroatoms. The van der Waals surface area contributed by atoms with Crippen LogP contribution in [0, 0.1) is 5.41 Å². The van der Waals surface area contributed by atoms with Crippen LogP contribution >= 0.6 is 0 Å². The van der Waals surface area contributed by atoms with Gasteiger partial charge in [-0.15, -0.1) is 0 Å². The molecule has 1 N–H and O–H groups in total. The van der Waals surface area contributed by atoms with Gasteiger partial charge in [0.05, 0.1) is 0 Å². The van der Waals surface area contributed by atoms with E-state index in [1.165, 1.54) is 0 Å². The van der Waals surface area contributed by atoms with Crippen molar-refractivity contribution in [3.8, 4) is 0 Å². The lowest BCUT2D eigenvalue weighted by molar-refractivity contribution is -0.151. The van der Waals surface area contributed by atoms with Crippen LogP contribution in [0.4, 0.5) is 0 Å². The lowest BCUT2D eigenvalue weighted by atomic mass is 9.88. The summed E-state index contributed by atoms with van der Waals surface area (Å²) in [5.41, 5.74) is 7.99. The molecule has 0 aliphatic carbocycles. The minimum atomic E-state index is -1.65. The Morgan fingerprint density at radius 2 is 1.86 bits per heavy atom. The highest BCUT2D eigenvalue weighted by molar-refractivity contribution is 6.60. The van der Waals surface area contributed by atoms with Crippen LogP contribution in [0.1, 0.15) is 26.3 Å². The van der Waals surface area contributed by atoms with Gasteiger partial charge in [0, 0.05) is 5.41 Å². The van der Waals surface area contributed by atoms with Gasteiger partial charge in [0.15, 0.2) is 0 Å². The average molecular weight is 302 g/mol. The molecule has 0 bridgehead atoms. The van der Waals surface area contributed by atoms with Crippen LogP contribution in [-0.2, 0) is 14.3 Å². The van der Waals surface area contributed by atoms with Crippen molar-refractivity contribution in [1.29, 1.82) is 0 Å². The first-order valence-electron chi connectivity index (χ1n) is 6.65. The average Bonchev–Trinajstić information content (AvgIpc) is 2.43. The first kappa shape index (κ1) is 17.3. The second-order valence-corrected chi connectivity index (χ2v) is 5.72. The van der Waals surface area contributed by atoms with Crippen LogP contribution in [0.25, 0.3) is 11.6 Å². The van der Waals surface area contributed by atoms with Crippen LogP contribution in [-0.4, -0.2) is 33.7 Å². The number of hydrogen-bond donors (Lipinski definition) is 1. The molecule has 1 unspecified atom stereocenters. The van der Waals surface area contributed by atoms with Gasteiger partial charge >= 0.3 is 17.7 Å². The number of ether oxygens (including phenoxy) is 1. The fraction of sp³-hybridized carbons (Fsp3) is 0.312. The van der Waals surface area contributed by atoms with Gasteiger partial charge in [0.2, 0.25) is 0 Å². The number of carbonyl (C=O) groups is 2. The predicted molar refractivity (Wildman–Crippen MR) is 81.1 cm³/mol. The second-order valence-electron chi connectivity index (χ2n) is 5.72. The highest BCUT2D eigenvalue weighted by Gasteiger charge is 2.35. The van der Waals surface area contributed by atoms with E-state index in [2.05, 4.69) is 4.79 Å². The lowest BCUT2D eigenvalue weighted by Crippen LogP contribution is -2.35. The summed E-state index contributed by atoms with van der Waals surface area (Å²) in [5, 5.41) is 8.76. The Morgan fingerprint density at radius 1 is 1.27 bits per heavy atom. The molecule has 0 heterocycles. The summed E-state index contributed by atoms with van der Waals surface area (Å²) in [6, 6.07) is 9.40. The smallest absolute Gasteiger partial charge is 0.472 e. The van der Waals surface area contributed by atoms with E-state index in [1.807, 2.05) is 51.1 Å². The third-order valence-electron chi connectivity index (χ3n) is 2.85. The number of carboxylic acid groups (broad SMARTS) is 1. The number of benzene rings is 1. The van der Waals surface area contributed by atoms with Gasteiger partial charge in [0.25, 0.3) is 0 Å². The summed E-state index contributed by atoms with van der Waals surface area (Å²) < 4.78 is 5.15. The quantitative estimate of drug-likeness (QED) is 0.297. The van der Waals surface area contributed by atoms with Crippen LogP contribution in [0.5, 0.6) is 0 Å². The Morgan fingerprint density at radius 3 is 2.32 bits per heavy atom. The largest absolute Gasteiger partial charge is 0.482 e. The molecular weight excluding hydrogens is 284 g/mol. The Labute approximate surface area is 128 Å². The topological polar surface area (TPSA) is 100 Å². The molecule has 116 valence electrons. The van der Waals surface area contributed by atoms with E-state index in [1.54, 1.807) is 12.2 Å². The van der Waals surface area contributed by atoms with Crippen molar-refractivity contribution in [2.75, 3.05) is 0 Å². The van der Waals surface area contributed by atoms with Crippen molar-refractivity contribution in [2.45, 2.75) is 26.9 Å². The third-order valence-corrected chi connectivity index (χ3v) is 2.85. The predicted octanol–water partition coefficient (Wildman–Crippen LogP) is 2.41. The first-order chi connectivity index (χ1) is 10.3. The van der Waals surface area contributed by atoms with Gasteiger partial charge < -0.3 is 15.4 Å². The van der Waals surface area contributed by atoms with E-state index in [9.17, 15) is 9.59 Å². The van der Waals surface area contributed by atoms with Gasteiger partial charge in [-0.3, -0.25) is 0 Å². The molecule has 0 aromatic heterocycles. The van der Waals surface area contributed by atoms with Gasteiger partial charge in [-0.05, 0) is 11.6 Å². The molecule has 22 heavy (non-hydrogen) atoms. The Hall–Kier alpha value is -2.72. The van der Waals surface area contributed by atoms with E-state index < -0.39 is 29.2 Å². The molecule has 0 aliphatic heterocycles. The van der Waals surface area contributed by atoms with Crippen molar-refractivity contribution in [3.05, 3.63) is 47.5 Å². The molecule has 0 spiro atoms. The zero-order chi connectivity index (χ0) is 16.8. The molecule has 0 saturated heterocycles. The lowest BCUT2D eigenvalue weighted by Gasteiger charge is -2.26. The molecule has 0 fully saturated rings. The van der Waals surface area contributed by atoms with E-state index in [-0.39, 0.29) is 0 Å². The van der Waals surface area contributed by atoms with Gasteiger partial charge in [-0.2, -0.15) is 4.79 Å². The third kappa shape index (κ3) is 5.00. The van der Waals surface area contributed by atoms with Crippen molar-refractivity contribution in [2.24, 2.45) is 5.41 Å². The molecule has 1 aromatic rings. The number of esters is 1. The van der Waals surface area contributed by atoms with Crippen LogP contribution in [0.3, 0.4) is 0 Å². The zero-order valence-electron chi connectivity index (χ0n) is 12.7. The van der Waals surface area contributed by atoms with Crippen LogP contribution in [0.2, 0.25) is 0 Å². The van der Waals surface area contributed by atoms with Crippen molar-refractivity contribution in [3.63, 3.8) is 0 Å². The monoisotopic (exact) mass is 302 g/mol. The summed E-state index contributed by atoms with van der Waals surface area (Å²) in [4.78, 5) is 25.0. The molecule has 0 saturated carbocycles. The van der Waals surface area contributed by atoms with Crippen molar-refractivity contribution in [1.82, 2.24) is 0 Å². The molecule has 1 atom stereocenters. The number of carbonyl (C=O) groups excluding carboxylic acids is 1. The van der Waals surface area contributed by atoms with Gasteiger partial charge in [-0.25, -0.2) is 9.59 Å². The molecule has 6 nitrogen and oxygen atoms in total. The van der Waals surface area contributed by atoms with Gasteiger partial charge in [0.1, 0.15) is 6.10 Å². The van der Waals surface area contributed by atoms with E-state index in [0.29, 0.717) is 0 Å². The molecule has 1 aromatic carbocycles. The highest BCUT2D eigenvalue weighted by atomic mass is 16.5. The molecule has 1 rings (SSSR count). The number of hydrogen-bond acceptors (Lipinski definition) is 3. The standard InChI is InChI=1S/C16H18N2O4/c1-16(2,3)12(10-9-11-7-5-4-6-8-11)22-15(21)13(18-17)14(19)20/h4-10,12H,1-3H3,(H,19,20)/b10-9-. The van der Waals surface area contributed by atoms with Crippen molar-refractivity contribution >= 4 is 23.7 Å². The first-order valence-corrected chi connectivity index (χ1v) is 6.65. The SMILES string of the molecule is CC(C)(C)C(/C=C\c1ccccc1)OC(=O)C(=[N+]=[N-])C(=O)O. The van der Waals surface area contributed by atoms with E-state index in [0.717, 1.165) is 5.56 Å². The maximum atomic E-state index is 11.8. The minimum Gasteiger partial charge on any atom is -0.472 e. The Balaban J connectivity index is 2.96. The molecular formula is C16H18N2O4. The minimum absolute atomic E-state index is 0.458. The maximum absolute atomic E-state index is 11.8. The maximum Gasteiger partial charge on any atom is 0.482 e. The molecule has 0 aliphatic rings. The van der Waals surface area contributed by atoms with Crippen LogP contribution < -0.4 is 0 Å². The highest BCUT2D eigenvalue weighted by Crippen LogP contribution is 2.24. The van der Waals surface area contributed by atoms with E-state index >= 15 is 0 Å². The fourth-order valence-corrected chi connectivity index (χ4v) is 1.61. The number of rotatable bonds is 5. The summed E-state index contributed by atoms with van der Waals surface area (Å²) >= 11 is 0.